The molecule has 10 nitrogen and oxygen atoms in total. The Labute approximate surface area is 202 Å². The van der Waals surface area contributed by atoms with E-state index in [1.807, 2.05) is 18.2 Å². The molecule has 10 heteroatoms. The fourth-order valence-electron chi connectivity index (χ4n) is 4.24. The Hall–Kier alpha value is -3.76. The highest BCUT2D eigenvalue weighted by Crippen LogP contribution is 2.33. The second-order valence-electron chi connectivity index (χ2n) is 8.48. The predicted octanol–water partition coefficient (Wildman–Crippen LogP) is 0.979. The summed E-state index contributed by atoms with van der Waals surface area (Å²) in [6.45, 7) is 3.10. The van der Waals surface area contributed by atoms with Gasteiger partial charge in [-0.2, -0.15) is 0 Å². The molecular weight excluding hydrogens is 454 g/mol. The second kappa shape index (κ2) is 10.2. The van der Waals surface area contributed by atoms with E-state index >= 15 is 0 Å². The van der Waals surface area contributed by atoms with Gasteiger partial charge in [-0.05, 0) is 41.5 Å². The normalized spacial score (nSPS) is 17.6. The molecule has 5 rings (SSSR count). The predicted molar refractivity (Wildman–Crippen MR) is 125 cm³/mol. The summed E-state index contributed by atoms with van der Waals surface area (Å²) in [5, 5.41) is 12.3. The minimum Gasteiger partial charge on any atom is -0.454 e. The smallest absolute Gasteiger partial charge is 0.247 e. The SMILES string of the molecule is O=C(C=Cc1ccc2c(c1)OCO2)NC(CO)C(=O)N1CCN(Cc2ccc3c(c2)OCO3)CC1. The van der Waals surface area contributed by atoms with Crippen molar-refractivity contribution in [1.82, 2.24) is 15.1 Å². The van der Waals surface area contributed by atoms with E-state index in [0.29, 0.717) is 37.7 Å². The van der Waals surface area contributed by atoms with Crippen LogP contribution in [-0.2, 0) is 16.1 Å². The first-order valence-corrected chi connectivity index (χ1v) is 11.5. The number of carbonyl (C=O) groups excluding carboxylic acids is 2. The van der Waals surface area contributed by atoms with Crippen LogP contribution in [0.25, 0.3) is 6.08 Å². The van der Waals surface area contributed by atoms with Gasteiger partial charge in [0.2, 0.25) is 25.4 Å². The maximum Gasteiger partial charge on any atom is 0.247 e. The summed E-state index contributed by atoms with van der Waals surface area (Å²) in [4.78, 5) is 29.2. The van der Waals surface area contributed by atoms with Crippen molar-refractivity contribution < 1.29 is 33.6 Å². The van der Waals surface area contributed by atoms with E-state index in [0.717, 1.165) is 29.2 Å². The van der Waals surface area contributed by atoms with E-state index in [1.165, 1.54) is 6.08 Å². The van der Waals surface area contributed by atoms with Crippen molar-refractivity contribution >= 4 is 17.9 Å². The van der Waals surface area contributed by atoms with Gasteiger partial charge in [-0.25, -0.2) is 0 Å². The number of fused-ring (bicyclic) bond motifs is 2. The van der Waals surface area contributed by atoms with Crippen LogP contribution in [0.2, 0.25) is 0 Å². The van der Waals surface area contributed by atoms with Crippen molar-refractivity contribution in [2.75, 3.05) is 46.4 Å². The molecule has 2 aromatic rings. The number of piperazine rings is 1. The van der Waals surface area contributed by atoms with Crippen LogP contribution in [0.1, 0.15) is 11.1 Å². The summed E-state index contributed by atoms with van der Waals surface area (Å²) in [7, 11) is 0. The highest BCUT2D eigenvalue weighted by molar-refractivity contribution is 5.95. The zero-order valence-electron chi connectivity index (χ0n) is 19.1. The van der Waals surface area contributed by atoms with Gasteiger partial charge in [-0.3, -0.25) is 14.5 Å². The van der Waals surface area contributed by atoms with Gasteiger partial charge in [0.1, 0.15) is 6.04 Å². The van der Waals surface area contributed by atoms with Crippen LogP contribution in [0.3, 0.4) is 0 Å². The average molecular weight is 482 g/mol. The number of ether oxygens (including phenoxy) is 4. The van der Waals surface area contributed by atoms with Crippen molar-refractivity contribution in [2.45, 2.75) is 12.6 Å². The molecule has 184 valence electrons. The maximum atomic E-state index is 12.9. The van der Waals surface area contributed by atoms with Gasteiger partial charge in [0.05, 0.1) is 6.61 Å². The lowest BCUT2D eigenvalue weighted by atomic mass is 10.1. The number of nitrogens with one attached hydrogen (secondary N) is 1. The lowest BCUT2D eigenvalue weighted by Gasteiger charge is -2.36. The first-order chi connectivity index (χ1) is 17.1. The number of rotatable bonds is 7. The molecule has 1 unspecified atom stereocenters. The molecule has 1 atom stereocenters. The first kappa shape index (κ1) is 23.0. The van der Waals surface area contributed by atoms with Crippen molar-refractivity contribution in [3.05, 3.63) is 53.6 Å². The summed E-state index contributed by atoms with van der Waals surface area (Å²) >= 11 is 0. The number of aliphatic hydroxyl groups is 1. The number of amides is 2. The quantitative estimate of drug-likeness (QED) is 0.564. The molecule has 2 N–H and O–H groups in total. The number of aliphatic hydroxyl groups excluding tert-OH is 1. The minimum atomic E-state index is -0.996. The molecular formula is C25H27N3O7. The molecule has 0 aromatic heterocycles. The highest BCUT2D eigenvalue weighted by atomic mass is 16.7. The summed E-state index contributed by atoms with van der Waals surface area (Å²) in [6, 6.07) is 10.2. The zero-order valence-corrected chi connectivity index (χ0v) is 19.1. The van der Waals surface area contributed by atoms with Crippen molar-refractivity contribution in [3.8, 4) is 23.0 Å². The molecule has 0 bridgehead atoms. The van der Waals surface area contributed by atoms with Gasteiger partial charge in [-0.15, -0.1) is 0 Å². The van der Waals surface area contributed by atoms with E-state index in [4.69, 9.17) is 18.9 Å². The van der Waals surface area contributed by atoms with Crippen molar-refractivity contribution in [1.29, 1.82) is 0 Å². The number of benzene rings is 2. The first-order valence-electron chi connectivity index (χ1n) is 11.5. The Balaban J connectivity index is 1.10. The Morgan fingerprint density at radius 3 is 2.29 bits per heavy atom. The standard InChI is InChI=1S/C25H27N3O7/c29-14-19(26-24(30)6-3-17-1-4-20-22(11-17)34-15-32-20)25(31)28-9-7-27(8-10-28)13-18-2-5-21-23(12-18)35-16-33-21/h1-6,11-12,19,29H,7-10,13-16H2,(H,26,30). The molecule has 0 aliphatic carbocycles. The van der Waals surface area contributed by atoms with E-state index in [-0.39, 0.29) is 19.5 Å². The lowest BCUT2D eigenvalue weighted by molar-refractivity contribution is -0.138. The largest absolute Gasteiger partial charge is 0.454 e. The molecule has 3 aliphatic heterocycles. The van der Waals surface area contributed by atoms with Gasteiger partial charge in [0.25, 0.3) is 0 Å². The Kier molecular flexibility index (Phi) is 6.73. The van der Waals surface area contributed by atoms with Crippen LogP contribution in [-0.4, -0.2) is 79.1 Å². The third kappa shape index (κ3) is 5.33. The maximum absolute atomic E-state index is 12.9. The molecule has 0 radical (unpaired) electrons. The van der Waals surface area contributed by atoms with Crippen LogP contribution in [0.15, 0.2) is 42.5 Å². The van der Waals surface area contributed by atoms with Gasteiger partial charge in [-0.1, -0.05) is 12.1 Å². The Bertz CT molecular complexity index is 1130. The van der Waals surface area contributed by atoms with Crippen LogP contribution in [0, 0.1) is 0 Å². The van der Waals surface area contributed by atoms with Crippen LogP contribution >= 0.6 is 0 Å². The number of nitrogens with zero attached hydrogens (tertiary/aromatic N) is 2. The molecule has 2 aromatic carbocycles. The summed E-state index contributed by atoms with van der Waals surface area (Å²) in [5.74, 6) is 2.04. The molecule has 0 spiro atoms. The van der Waals surface area contributed by atoms with Gasteiger partial charge >= 0.3 is 0 Å². The minimum absolute atomic E-state index is 0.177. The zero-order chi connectivity index (χ0) is 24.2. The second-order valence-corrected chi connectivity index (χ2v) is 8.48. The monoisotopic (exact) mass is 481 g/mol. The molecule has 1 saturated heterocycles. The summed E-state index contributed by atoms with van der Waals surface area (Å²) < 4.78 is 21.4. The molecule has 2 amide bonds. The van der Waals surface area contributed by atoms with E-state index in [2.05, 4.69) is 10.2 Å². The summed E-state index contributed by atoms with van der Waals surface area (Å²) in [5.41, 5.74) is 1.87. The molecule has 0 saturated carbocycles. The van der Waals surface area contributed by atoms with E-state index in [1.54, 1.807) is 29.2 Å². The third-order valence-electron chi connectivity index (χ3n) is 6.15. The molecule has 1 fully saturated rings. The van der Waals surface area contributed by atoms with Gasteiger partial charge in [0, 0.05) is 38.8 Å². The number of carbonyl (C=O) groups is 2. The van der Waals surface area contributed by atoms with Crippen LogP contribution in [0.4, 0.5) is 0 Å². The third-order valence-corrected chi connectivity index (χ3v) is 6.15. The van der Waals surface area contributed by atoms with Gasteiger partial charge in [0.15, 0.2) is 23.0 Å². The van der Waals surface area contributed by atoms with Crippen LogP contribution in [0.5, 0.6) is 23.0 Å². The van der Waals surface area contributed by atoms with E-state index in [9.17, 15) is 14.7 Å². The lowest BCUT2D eigenvalue weighted by Crippen LogP contribution is -2.55. The Morgan fingerprint density at radius 1 is 0.914 bits per heavy atom. The molecule has 3 aliphatic rings. The topological polar surface area (TPSA) is 110 Å². The number of hydrogen-bond acceptors (Lipinski definition) is 8. The average Bonchev–Trinajstić information content (AvgIpc) is 3.55. The Morgan fingerprint density at radius 2 is 1.57 bits per heavy atom. The van der Waals surface area contributed by atoms with Crippen molar-refractivity contribution in [3.63, 3.8) is 0 Å². The van der Waals surface area contributed by atoms with Gasteiger partial charge < -0.3 is 34.3 Å². The molecule has 35 heavy (non-hydrogen) atoms. The fourth-order valence-corrected chi connectivity index (χ4v) is 4.24. The van der Waals surface area contributed by atoms with Crippen LogP contribution < -0.4 is 24.3 Å². The molecule has 3 heterocycles. The summed E-state index contributed by atoms with van der Waals surface area (Å²) in [6.07, 6.45) is 2.95. The fraction of sp³-hybridized carbons (Fsp3) is 0.360. The number of hydrogen-bond donors (Lipinski definition) is 2. The van der Waals surface area contributed by atoms with E-state index < -0.39 is 18.6 Å². The highest BCUT2D eigenvalue weighted by Gasteiger charge is 2.28. The van der Waals surface area contributed by atoms with Crippen molar-refractivity contribution in [2.24, 2.45) is 0 Å².